The van der Waals surface area contributed by atoms with E-state index in [0.29, 0.717) is 5.75 Å². The van der Waals surface area contributed by atoms with Gasteiger partial charge in [-0.05, 0) is 30.7 Å². The fourth-order valence-corrected chi connectivity index (χ4v) is 3.36. The molecule has 0 radical (unpaired) electrons. The Kier molecular flexibility index (Phi) is 2.35. The molecule has 0 bridgehead atoms. The van der Waals surface area contributed by atoms with Gasteiger partial charge in [0, 0.05) is 11.8 Å². The lowest BCUT2D eigenvalue weighted by atomic mass is 10.1. The number of phenolic OH excluding ortho intramolecular Hbond substituents is 1. The highest BCUT2D eigenvalue weighted by molar-refractivity contribution is 7.23. The molecule has 2 heterocycles. The van der Waals surface area contributed by atoms with E-state index in [-0.39, 0.29) is 0 Å². The van der Waals surface area contributed by atoms with Crippen molar-refractivity contribution < 1.29 is 5.11 Å². The van der Waals surface area contributed by atoms with Crippen LogP contribution in [0.15, 0.2) is 48.7 Å². The van der Waals surface area contributed by atoms with Crippen molar-refractivity contribution >= 4 is 26.5 Å². The molecule has 0 spiro atoms. The molecule has 0 saturated carbocycles. The maximum absolute atomic E-state index is 9.83. The average molecular weight is 280 g/mol. The van der Waals surface area contributed by atoms with E-state index in [2.05, 4.69) is 21.5 Å². The Hall–Kier alpha value is -2.33. The SMILES string of the molecule is Cc1ccc(-c2cn3c(n2)sc2ccccc23)cc1O. The van der Waals surface area contributed by atoms with Gasteiger partial charge in [0.05, 0.1) is 15.9 Å². The zero-order valence-electron chi connectivity index (χ0n) is 10.9. The second-order valence-corrected chi connectivity index (χ2v) is 5.86. The Morgan fingerprint density at radius 2 is 2.00 bits per heavy atom. The minimum atomic E-state index is 0.309. The predicted octanol–water partition coefficient (Wildman–Crippen LogP) is 4.23. The Bertz CT molecular complexity index is 936. The molecule has 2 aromatic heterocycles. The number of fused-ring (bicyclic) bond motifs is 3. The summed E-state index contributed by atoms with van der Waals surface area (Å²) >= 11 is 1.67. The Morgan fingerprint density at radius 1 is 1.15 bits per heavy atom. The van der Waals surface area contributed by atoms with Crippen molar-refractivity contribution in [3.05, 3.63) is 54.2 Å². The van der Waals surface area contributed by atoms with E-state index < -0.39 is 0 Å². The van der Waals surface area contributed by atoms with Crippen molar-refractivity contribution in [1.29, 1.82) is 0 Å². The molecule has 0 atom stereocenters. The van der Waals surface area contributed by atoms with Crippen molar-refractivity contribution in [3.63, 3.8) is 0 Å². The Labute approximate surface area is 119 Å². The van der Waals surface area contributed by atoms with Crippen molar-refractivity contribution in [2.24, 2.45) is 0 Å². The van der Waals surface area contributed by atoms with Crippen LogP contribution in [0.4, 0.5) is 0 Å². The maximum Gasteiger partial charge on any atom is 0.195 e. The standard InChI is InChI=1S/C16H12N2OS/c1-10-6-7-11(8-14(10)19)12-9-18-13-4-2-3-5-15(13)20-16(18)17-12/h2-9,19H,1H3. The number of phenols is 1. The lowest BCUT2D eigenvalue weighted by Gasteiger charge is -2.00. The summed E-state index contributed by atoms with van der Waals surface area (Å²) in [7, 11) is 0. The Morgan fingerprint density at radius 3 is 2.85 bits per heavy atom. The van der Waals surface area contributed by atoms with Gasteiger partial charge in [-0.2, -0.15) is 0 Å². The van der Waals surface area contributed by atoms with E-state index in [4.69, 9.17) is 0 Å². The topological polar surface area (TPSA) is 37.5 Å². The maximum atomic E-state index is 9.83. The number of nitrogens with zero attached hydrogens (tertiary/aromatic N) is 2. The lowest BCUT2D eigenvalue weighted by molar-refractivity contribution is 0.471. The first-order valence-electron chi connectivity index (χ1n) is 6.39. The molecule has 0 aliphatic carbocycles. The number of para-hydroxylation sites is 1. The van der Waals surface area contributed by atoms with E-state index in [9.17, 15) is 5.11 Å². The second kappa shape index (κ2) is 4.08. The predicted molar refractivity (Wildman–Crippen MR) is 82.4 cm³/mol. The van der Waals surface area contributed by atoms with E-state index in [1.807, 2.05) is 37.4 Å². The molecule has 1 N–H and O–H groups in total. The molecule has 0 fully saturated rings. The molecule has 2 aromatic carbocycles. The summed E-state index contributed by atoms with van der Waals surface area (Å²) in [6, 6.07) is 13.9. The number of thiazole rings is 1. The number of aromatic nitrogens is 2. The molecular weight excluding hydrogens is 268 g/mol. The van der Waals surface area contributed by atoms with Gasteiger partial charge in [-0.25, -0.2) is 4.98 Å². The van der Waals surface area contributed by atoms with E-state index in [1.165, 1.54) is 10.2 Å². The fraction of sp³-hybridized carbons (Fsp3) is 0.0625. The van der Waals surface area contributed by atoms with Crippen LogP contribution in [0.3, 0.4) is 0 Å². The van der Waals surface area contributed by atoms with Gasteiger partial charge in [0.2, 0.25) is 0 Å². The van der Waals surface area contributed by atoms with Gasteiger partial charge in [-0.15, -0.1) is 0 Å². The molecule has 4 rings (SSSR count). The molecule has 0 aliphatic heterocycles. The summed E-state index contributed by atoms with van der Waals surface area (Å²) in [5.41, 5.74) is 3.87. The van der Waals surface area contributed by atoms with E-state index in [1.54, 1.807) is 17.4 Å². The van der Waals surface area contributed by atoms with E-state index in [0.717, 1.165) is 21.8 Å². The highest BCUT2D eigenvalue weighted by Gasteiger charge is 2.10. The number of hydrogen-bond acceptors (Lipinski definition) is 3. The number of hydrogen-bond donors (Lipinski definition) is 1. The first-order valence-corrected chi connectivity index (χ1v) is 7.21. The van der Waals surface area contributed by atoms with Gasteiger partial charge in [-0.3, -0.25) is 4.40 Å². The van der Waals surface area contributed by atoms with Crippen LogP contribution >= 0.6 is 11.3 Å². The van der Waals surface area contributed by atoms with Gasteiger partial charge >= 0.3 is 0 Å². The zero-order valence-corrected chi connectivity index (χ0v) is 11.7. The van der Waals surface area contributed by atoms with Crippen LogP contribution in [-0.4, -0.2) is 14.5 Å². The molecule has 0 saturated heterocycles. The average Bonchev–Trinajstić information content (AvgIpc) is 2.99. The minimum absolute atomic E-state index is 0.309. The number of aryl methyl sites for hydroxylation is 1. The molecule has 98 valence electrons. The molecule has 4 aromatic rings. The van der Waals surface area contributed by atoms with Crippen LogP contribution in [0.2, 0.25) is 0 Å². The third kappa shape index (κ3) is 1.62. The van der Waals surface area contributed by atoms with Crippen LogP contribution < -0.4 is 0 Å². The molecular formula is C16H12N2OS. The van der Waals surface area contributed by atoms with Crippen molar-refractivity contribution in [2.45, 2.75) is 6.92 Å². The smallest absolute Gasteiger partial charge is 0.195 e. The highest BCUT2D eigenvalue weighted by atomic mass is 32.1. The summed E-state index contributed by atoms with van der Waals surface area (Å²) < 4.78 is 3.33. The van der Waals surface area contributed by atoms with Gasteiger partial charge in [-0.1, -0.05) is 35.6 Å². The van der Waals surface area contributed by atoms with Crippen molar-refractivity contribution in [1.82, 2.24) is 9.38 Å². The molecule has 0 unspecified atom stereocenters. The molecule has 0 amide bonds. The number of rotatable bonds is 1. The first kappa shape index (κ1) is 11.5. The summed E-state index contributed by atoms with van der Waals surface area (Å²) in [6.07, 6.45) is 2.03. The highest BCUT2D eigenvalue weighted by Crippen LogP contribution is 2.30. The summed E-state index contributed by atoms with van der Waals surface area (Å²) in [5, 5.41) is 9.83. The third-order valence-corrected chi connectivity index (χ3v) is 4.54. The van der Waals surface area contributed by atoms with Crippen LogP contribution in [0.5, 0.6) is 5.75 Å². The summed E-state index contributed by atoms with van der Waals surface area (Å²) in [4.78, 5) is 5.63. The normalized spacial score (nSPS) is 11.4. The third-order valence-electron chi connectivity index (χ3n) is 3.50. The molecule has 3 nitrogen and oxygen atoms in total. The summed E-state index contributed by atoms with van der Waals surface area (Å²) in [6.45, 7) is 1.89. The van der Waals surface area contributed by atoms with Gasteiger partial charge in [0.15, 0.2) is 4.96 Å². The number of aromatic hydroxyl groups is 1. The van der Waals surface area contributed by atoms with Crippen LogP contribution in [0.1, 0.15) is 5.56 Å². The zero-order chi connectivity index (χ0) is 13.7. The van der Waals surface area contributed by atoms with Gasteiger partial charge in [0.1, 0.15) is 5.75 Å². The van der Waals surface area contributed by atoms with Gasteiger partial charge in [0.25, 0.3) is 0 Å². The molecule has 4 heteroatoms. The second-order valence-electron chi connectivity index (χ2n) is 4.85. The monoisotopic (exact) mass is 280 g/mol. The quantitative estimate of drug-likeness (QED) is 0.566. The van der Waals surface area contributed by atoms with Gasteiger partial charge < -0.3 is 5.11 Å². The van der Waals surface area contributed by atoms with Crippen LogP contribution in [0.25, 0.3) is 26.4 Å². The van der Waals surface area contributed by atoms with Crippen LogP contribution in [0, 0.1) is 6.92 Å². The van der Waals surface area contributed by atoms with Crippen molar-refractivity contribution in [2.75, 3.05) is 0 Å². The molecule has 0 aliphatic rings. The lowest BCUT2D eigenvalue weighted by Crippen LogP contribution is -1.80. The first-order chi connectivity index (χ1) is 9.72. The van der Waals surface area contributed by atoms with E-state index >= 15 is 0 Å². The van der Waals surface area contributed by atoms with Crippen molar-refractivity contribution in [3.8, 4) is 17.0 Å². The number of benzene rings is 2. The summed E-state index contributed by atoms with van der Waals surface area (Å²) in [5.74, 6) is 0.309. The molecule has 20 heavy (non-hydrogen) atoms. The number of imidazole rings is 1. The van der Waals surface area contributed by atoms with Crippen LogP contribution in [-0.2, 0) is 0 Å². The fourth-order valence-electron chi connectivity index (χ4n) is 2.36. The largest absolute Gasteiger partial charge is 0.508 e. The minimum Gasteiger partial charge on any atom is -0.508 e. The Balaban J connectivity index is 1.94.